The monoisotopic (exact) mass is 235 g/mol. The summed E-state index contributed by atoms with van der Waals surface area (Å²) in [6, 6.07) is 3.94. The second kappa shape index (κ2) is 6.66. The van der Waals surface area contributed by atoms with Crippen LogP contribution in [0.4, 0.5) is 4.39 Å². The molecule has 0 aromatic heterocycles. The van der Waals surface area contributed by atoms with Crippen LogP contribution in [0.5, 0.6) is 0 Å². The number of ether oxygens (including phenoxy) is 1. The molecule has 0 saturated heterocycles. The minimum atomic E-state index is -0.567. The highest BCUT2D eigenvalue weighted by molar-refractivity contribution is 5.89. The fourth-order valence-electron chi connectivity index (χ4n) is 1.25. The average molecular weight is 235 g/mol. The highest BCUT2D eigenvalue weighted by Gasteiger charge is 2.07. The molecule has 0 radical (unpaired) electrons. The van der Waals surface area contributed by atoms with Crippen molar-refractivity contribution in [1.82, 2.24) is 5.32 Å². The van der Waals surface area contributed by atoms with E-state index in [9.17, 15) is 9.18 Å². The second-order valence-electron chi connectivity index (χ2n) is 3.38. The van der Waals surface area contributed by atoms with Crippen molar-refractivity contribution in [3.8, 4) is 11.8 Å². The van der Waals surface area contributed by atoms with Gasteiger partial charge in [0, 0.05) is 18.5 Å². The molecule has 0 bridgehead atoms. The molecule has 0 aliphatic heterocycles. The van der Waals surface area contributed by atoms with E-state index in [1.165, 1.54) is 19.2 Å². The Morgan fingerprint density at radius 2 is 2.24 bits per heavy atom. The van der Waals surface area contributed by atoms with Crippen molar-refractivity contribution in [3.63, 3.8) is 0 Å². The zero-order valence-electron chi connectivity index (χ0n) is 9.84. The SMILES string of the molecule is CNCCC#Cc1cc(F)cc(C(=O)OC)c1. The third-order valence-corrected chi connectivity index (χ3v) is 2.05. The summed E-state index contributed by atoms with van der Waals surface area (Å²) >= 11 is 0. The molecule has 1 aromatic carbocycles. The number of rotatable bonds is 3. The molecule has 0 aliphatic carbocycles. The Morgan fingerprint density at radius 3 is 2.88 bits per heavy atom. The highest BCUT2D eigenvalue weighted by Crippen LogP contribution is 2.09. The van der Waals surface area contributed by atoms with Gasteiger partial charge in [-0.05, 0) is 25.2 Å². The Morgan fingerprint density at radius 1 is 1.47 bits per heavy atom. The molecule has 90 valence electrons. The fraction of sp³-hybridized carbons (Fsp3) is 0.308. The summed E-state index contributed by atoms with van der Waals surface area (Å²) in [5.41, 5.74) is 0.645. The van der Waals surface area contributed by atoms with Crippen molar-refractivity contribution in [1.29, 1.82) is 0 Å². The van der Waals surface area contributed by atoms with Gasteiger partial charge in [0.25, 0.3) is 0 Å². The van der Waals surface area contributed by atoms with Crippen LogP contribution in [0.1, 0.15) is 22.3 Å². The number of nitrogens with one attached hydrogen (secondary N) is 1. The molecule has 0 amide bonds. The van der Waals surface area contributed by atoms with Crippen LogP contribution in [0.25, 0.3) is 0 Å². The van der Waals surface area contributed by atoms with E-state index >= 15 is 0 Å². The molecule has 0 saturated carbocycles. The first kappa shape index (κ1) is 13.2. The maximum Gasteiger partial charge on any atom is 0.337 e. The van der Waals surface area contributed by atoms with E-state index < -0.39 is 11.8 Å². The van der Waals surface area contributed by atoms with E-state index in [1.54, 1.807) is 0 Å². The zero-order valence-corrected chi connectivity index (χ0v) is 9.84. The first-order valence-corrected chi connectivity index (χ1v) is 5.19. The highest BCUT2D eigenvalue weighted by atomic mass is 19.1. The third-order valence-electron chi connectivity index (χ3n) is 2.05. The lowest BCUT2D eigenvalue weighted by Gasteiger charge is -2.00. The number of hydrogen-bond acceptors (Lipinski definition) is 3. The van der Waals surface area contributed by atoms with Crippen molar-refractivity contribution in [2.45, 2.75) is 6.42 Å². The van der Waals surface area contributed by atoms with Crippen molar-refractivity contribution in [3.05, 3.63) is 35.1 Å². The van der Waals surface area contributed by atoms with E-state index in [0.717, 1.165) is 12.6 Å². The average Bonchev–Trinajstić information content (AvgIpc) is 2.33. The Labute approximate surface area is 100.0 Å². The molecule has 1 rings (SSSR count). The summed E-state index contributed by atoms with van der Waals surface area (Å²) in [5, 5.41) is 2.95. The smallest absolute Gasteiger partial charge is 0.337 e. The van der Waals surface area contributed by atoms with E-state index in [4.69, 9.17) is 0 Å². The first-order chi connectivity index (χ1) is 8.17. The van der Waals surface area contributed by atoms with Crippen LogP contribution >= 0.6 is 0 Å². The zero-order chi connectivity index (χ0) is 12.7. The number of methoxy groups -OCH3 is 1. The summed E-state index contributed by atoms with van der Waals surface area (Å²) in [5.74, 6) is 4.62. The Balaban J connectivity index is 2.88. The van der Waals surface area contributed by atoms with E-state index in [1.807, 2.05) is 7.05 Å². The van der Waals surface area contributed by atoms with Gasteiger partial charge in [0.15, 0.2) is 0 Å². The normalized spacial score (nSPS) is 9.35. The molecule has 3 nitrogen and oxygen atoms in total. The van der Waals surface area contributed by atoms with Crippen LogP contribution in [-0.2, 0) is 4.74 Å². The van der Waals surface area contributed by atoms with Gasteiger partial charge in [0.05, 0.1) is 12.7 Å². The van der Waals surface area contributed by atoms with Gasteiger partial charge in [-0.15, -0.1) is 0 Å². The largest absolute Gasteiger partial charge is 0.465 e. The van der Waals surface area contributed by atoms with Crippen molar-refractivity contribution in [2.24, 2.45) is 0 Å². The van der Waals surface area contributed by atoms with Crippen molar-refractivity contribution >= 4 is 5.97 Å². The van der Waals surface area contributed by atoms with Gasteiger partial charge in [0.2, 0.25) is 0 Å². The van der Waals surface area contributed by atoms with Gasteiger partial charge >= 0.3 is 5.97 Å². The molecular weight excluding hydrogens is 221 g/mol. The molecule has 0 atom stereocenters. The lowest BCUT2D eigenvalue weighted by atomic mass is 10.1. The molecule has 0 heterocycles. The van der Waals surface area contributed by atoms with Gasteiger partial charge in [-0.25, -0.2) is 9.18 Å². The van der Waals surface area contributed by atoms with E-state index in [-0.39, 0.29) is 5.56 Å². The molecule has 1 aromatic rings. The maximum atomic E-state index is 13.2. The van der Waals surface area contributed by atoms with Crippen LogP contribution in [0.2, 0.25) is 0 Å². The molecule has 0 aliphatic rings. The fourth-order valence-corrected chi connectivity index (χ4v) is 1.25. The first-order valence-electron chi connectivity index (χ1n) is 5.19. The Hall–Kier alpha value is -1.86. The predicted molar refractivity (Wildman–Crippen MR) is 63.2 cm³/mol. The summed E-state index contributed by atoms with van der Waals surface area (Å²) < 4.78 is 17.7. The minimum absolute atomic E-state index is 0.172. The number of halogens is 1. The lowest BCUT2D eigenvalue weighted by Crippen LogP contribution is -2.06. The predicted octanol–water partition coefficient (Wildman–Crippen LogP) is 1.57. The maximum absolute atomic E-state index is 13.2. The molecule has 0 unspecified atom stereocenters. The van der Waals surface area contributed by atoms with Crippen molar-refractivity contribution < 1.29 is 13.9 Å². The van der Waals surface area contributed by atoms with Crippen LogP contribution in [0.3, 0.4) is 0 Å². The topological polar surface area (TPSA) is 38.3 Å². The van der Waals surface area contributed by atoms with Crippen LogP contribution in [-0.4, -0.2) is 26.7 Å². The third kappa shape index (κ3) is 4.25. The Bertz CT molecular complexity index is 460. The van der Waals surface area contributed by atoms with Crippen LogP contribution in [0.15, 0.2) is 18.2 Å². The molecule has 0 spiro atoms. The number of carbonyl (C=O) groups is 1. The van der Waals surface area contributed by atoms with Crippen molar-refractivity contribution in [2.75, 3.05) is 20.7 Å². The van der Waals surface area contributed by atoms with Gasteiger partial charge in [-0.3, -0.25) is 0 Å². The van der Waals surface area contributed by atoms with Gasteiger partial charge < -0.3 is 10.1 Å². The number of carbonyl (C=O) groups excluding carboxylic acids is 1. The minimum Gasteiger partial charge on any atom is -0.465 e. The lowest BCUT2D eigenvalue weighted by molar-refractivity contribution is 0.0600. The molecule has 1 N–H and O–H groups in total. The number of benzene rings is 1. The van der Waals surface area contributed by atoms with Crippen LogP contribution in [0, 0.1) is 17.7 Å². The van der Waals surface area contributed by atoms with E-state index in [2.05, 4.69) is 21.9 Å². The van der Waals surface area contributed by atoms with Gasteiger partial charge in [-0.2, -0.15) is 0 Å². The summed E-state index contributed by atoms with van der Waals surface area (Å²) in [4.78, 5) is 11.2. The summed E-state index contributed by atoms with van der Waals surface area (Å²) in [6.07, 6.45) is 0.667. The summed E-state index contributed by atoms with van der Waals surface area (Å²) in [7, 11) is 3.09. The second-order valence-corrected chi connectivity index (χ2v) is 3.38. The number of esters is 1. The van der Waals surface area contributed by atoms with E-state index in [0.29, 0.717) is 12.0 Å². The molecule has 4 heteroatoms. The number of hydrogen-bond donors (Lipinski definition) is 1. The van der Waals surface area contributed by atoms with Gasteiger partial charge in [-0.1, -0.05) is 11.8 Å². The summed E-state index contributed by atoms with van der Waals surface area (Å²) in [6.45, 7) is 0.770. The molecular formula is C13H14FNO2. The molecule has 17 heavy (non-hydrogen) atoms. The quantitative estimate of drug-likeness (QED) is 0.491. The van der Waals surface area contributed by atoms with Gasteiger partial charge in [0.1, 0.15) is 5.82 Å². The Kier molecular flexibility index (Phi) is 5.18. The van der Waals surface area contributed by atoms with Crippen LogP contribution < -0.4 is 5.32 Å². The standard InChI is InChI=1S/C13H14FNO2/c1-15-6-4-3-5-10-7-11(13(16)17-2)9-12(14)8-10/h7-9,15H,4,6H2,1-2H3. The molecule has 0 fully saturated rings.